The molecule has 1 aromatic carbocycles. The molecular weight excluding hydrogens is 372 g/mol. The van der Waals surface area contributed by atoms with Crippen LogP contribution in [0.2, 0.25) is 0 Å². The molecule has 160 valence electrons. The molecule has 0 aliphatic rings. The molecule has 0 saturated carbocycles. The summed E-state index contributed by atoms with van der Waals surface area (Å²) in [6.07, 6.45) is 0. The van der Waals surface area contributed by atoms with Crippen LogP contribution in [0.1, 0.15) is 53.1 Å². The summed E-state index contributed by atoms with van der Waals surface area (Å²) < 4.78 is 23.9. The van der Waals surface area contributed by atoms with Gasteiger partial charge < -0.3 is 10.6 Å². The maximum atomic E-state index is 12.3. The van der Waals surface area contributed by atoms with Gasteiger partial charge in [0.1, 0.15) is 0 Å². The third-order valence-electron chi connectivity index (χ3n) is 4.80. The Morgan fingerprint density at radius 3 is 2.18 bits per heavy atom. The molecule has 0 fully saturated rings. The van der Waals surface area contributed by atoms with Crippen molar-refractivity contribution in [2.45, 2.75) is 52.3 Å². The van der Waals surface area contributed by atoms with E-state index < -0.39 is 14.6 Å². The van der Waals surface area contributed by atoms with Gasteiger partial charge in [0, 0.05) is 13.1 Å². The predicted molar refractivity (Wildman–Crippen MR) is 120 cm³/mol. The Balaban J connectivity index is 2.87. The van der Waals surface area contributed by atoms with Crippen LogP contribution < -0.4 is 10.6 Å². The minimum absolute atomic E-state index is 0.0824. The van der Waals surface area contributed by atoms with Crippen molar-refractivity contribution in [2.75, 3.05) is 38.5 Å². The van der Waals surface area contributed by atoms with Gasteiger partial charge in [-0.05, 0) is 46.3 Å². The van der Waals surface area contributed by atoms with Crippen LogP contribution in [0, 0.1) is 0 Å². The molecule has 1 unspecified atom stereocenters. The molecule has 7 heteroatoms. The molecule has 1 rings (SSSR count). The number of nitrogens with zero attached hydrogens (tertiary/aromatic N) is 2. The van der Waals surface area contributed by atoms with Gasteiger partial charge in [0.2, 0.25) is 0 Å². The molecule has 2 N–H and O–H groups in total. The van der Waals surface area contributed by atoms with E-state index in [-0.39, 0.29) is 11.8 Å². The number of sulfone groups is 1. The lowest BCUT2D eigenvalue weighted by Crippen LogP contribution is -2.42. The third kappa shape index (κ3) is 7.43. The number of guanidine groups is 1. The second-order valence-corrected chi connectivity index (χ2v) is 10.6. The van der Waals surface area contributed by atoms with Gasteiger partial charge in [0.15, 0.2) is 15.8 Å². The molecule has 6 nitrogen and oxygen atoms in total. The second kappa shape index (κ2) is 11.4. The lowest BCUT2D eigenvalue weighted by Gasteiger charge is -2.29. The van der Waals surface area contributed by atoms with Crippen molar-refractivity contribution in [1.82, 2.24) is 15.5 Å². The van der Waals surface area contributed by atoms with E-state index in [0.717, 1.165) is 19.6 Å². The van der Waals surface area contributed by atoms with Crippen LogP contribution in [0.5, 0.6) is 0 Å². The number of hydrogen-bond acceptors (Lipinski definition) is 4. The first kappa shape index (κ1) is 24.4. The van der Waals surface area contributed by atoms with Crippen molar-refractivity contribution in [2.24, 2.45) is 4.99 Å². The molecular formula is C21H38N4O2S. The fourth-order valence-corrected chi connectivity index (χ4v) is 3.88. The van der Waals surface area contributed by atoms with Gasteiger partial charge in [-0.1, -0.05) is 44.2 Å². The zero-order valence-corrected chi connectivity index (χ0v) is 19.1. The number of aliphatic imine (C=N–C) groups is 1. The Labute approximate surface area is 171 Å². The van der Waals surface area contributed by atoms with Crippen molar-refractivity contribution in [3.05, 3.63) is 35.9 Å². The van der Waals surface area contributed by atoms with Gasteiger partial charge in [-0.3, -0.25) is 9.89 Å². The maximum Gasteiger partial charge on any atom is 0.191 e. The minimum Gasteiger partial charge on any atom is -0.357 e. The largest absolute Gasteiger partial charge is 0.357 e. The summed E-state index contributed by atoms with van der Waals surface area (Å²) in [5.41, 5.74) is 1.24. The van der Waals surface area contributed by atoms with E-state index in [9.17, 15) is 8.42 Å². The molecule has 28 heavy (non-hydrogen) atoms. The van der Waals surface area contributed by atoms with E-state index in [1.807, 2.05) is 13.0 Å². The molecule has 0 aliphatic carbocycles. The van der Waals surface area contributed by atoms with Crippen molar-refractivity contribution in [1.29, 1.82) is 0 Å². The summed E-state index contributed by atoms with van der Waals surface area (Å²) in [5, 5.41) is 6.39. The number of likely N-dealkylation sites (N-methyl/N-ethyl adjacent to an activating group) is 1. The highest BCUT2D eigenvalue weighted by Crippen LogP contribution is 2.20. The molecule has 0 spiro atoms. The zero-order chi connectivity index (χ0) is 21.2. The Kier molecular flexibility index (Phi) is 9.96. The highest BCUT2D eigenvalue weighted by atomic mass is 32.2. The van der Waals surface area contributed by atoms with Crippen LogP contribution in [-0.2, 0) is 9.84 Å². The quantitative estimate of drug-likeness (QED) is 0.458. The Hall–Kier alpha value is -1.60. The van der Waals surface area contributed by atoms with Crippen LogP contribution in [0.3, 0.4) is 0 Å². The lowest BCUT2D eigenvalue weighted by atomic mass is 10.1. The molecule has 0 radical (unpaired) electrons. The van der Waals surface area contributed by atoms with E-state index in [0.29, 0.717) is 19.0 Å². The molecule has 0 bridgehead atoms. The van der Waals surface area contributed by atoms with Crippen LogP contribution in [0.4, 0.5) is 0 Å². The molecule has 0 saturated heterocycles. The van der Waals surface area contributed by atoms with Crippen molar-refractivity contribution < 1.29 is 8.42 Å². The van der Waals surface area contributed by atoms with E-state index in [1.54, 1.807) is 20.8 Å². The molecule has 0 heterocycles. The fraction of sp³-hybridized carbons (Fsp3) is 0.667. The normalized spacial score (nSPS) is 14.2. The van der Waals surface area contributed by atoms with E-state index in [1.165, 1.54) is 5.56 Å². The Morgan fingerprint density at radius 2 is 1.68 bits per heavy atom. The summed E-state index contributed by atoms with van der Waals surface area (Å²) in [7, 11) is -3.16. The molecule has 1 aromatic rings. The summed E-state index contributed by atoms with van der Waals surface area (Å²) in [5.74, 6) is 0.735. The molecule has 1 atom stereocenters. The average Bonchev–Trinajstić information content (AvgIpc) is 2.64. The summed E-state index contributed by atoms with van der Waals surface area (Å²) in [4.78, 5) is 7.13. The zero-order valence-electron chi connectivity index (χ0n) is 18.3. The Morgan fingerprint density at radius 1 is 1.07 bits per heavy atom. The van der Waals surface area contributed by atoms with E-state index in [2.05, 4.69) is 53.6 Å². The average molecular weight is 411 g/mol. The summed E-state index contributed by atoms with van der Waals surface area (Å²) >= 11 is 0. The van der Waals surface area contributed by atoms with Crippen molar-refractivity contribution in [3.8, 4) is 0 Å². The number of benzene rings is 1. The lowest BCUT2D eigenvalue weighted by molar-refractivity contribution is 0.224. The minimum atomic E-state index is -3.16. The van der Waals surface area contributed by atoms with Crippen LogP contribution in [0.15, 0.2) is 35.3 Å². The number of hydrogen-bond donors (Lipinski definition) is 2. The SMILES string of the molecule is CCNC(=NCC(c1ccccc1)N(CC)CC)NCCS(=O)(=O)C(C)(C)C. The standard InChI is InChI=1S/C21H38N4O2S/c1-7-22-20(23-15-16-28(26,27)21(4,5)6)24-17-19(25(8-2)9-3)18-13-11-10-12-14-18/h10-14,19H,7-9,15-17H2,1-6H3,(H2,22,23,24). The van der Waals surface area contributed by atoms with Crippen LogP contribution in [0.25, 0.3) is 0 Å². The Bertz CT molecular complexity index is 693. The summed E-state index contributed by atoms with van der Waals surface area (Å²) in [6.45, 7) is 15.1. The first-order valence-electron chi connectivity index (χ1n) is 10.2. The van der Waals surface area contributed by atoms with Crippen LogP contribution >= 0.6 is 0 Å². The topological polar surface area (TPSA) is 73.8 Å². The molecule has 0 aromatic heterocycles. The van der Waals surface area contributed by atoms with Crippen molar-refractivity contribution in [3.63, 3.8) is 0 Å². The molecule has 0 amide bonds. The first-order valence-corrected chi connectivity index (χ1v) is 11.8. The number of nitrogens with one attached hydrogen (secondary N) is 2. The van der Waals surface area contributed by atoms with E-state index >= 15 is 0 Å². The maximum absolute atomic E-state index is 12.3. The first-order chi connectivity index (χ1) is 13.2. The van der Waals surface area contributed by atoms with Gasteiger partial charge in [-0.25, -0.2) is 8.42 Å². The predicted octanol–water partition coefficient (Wildman–Crippen LogP) is 2.84. The second-order valence-electron chi connectivity index (χ2n) is 7.73. The molecule has 0 aliphatic heterocycles. The van der Waals surface area contributed by atoms with Gasteiger partial charge in [0.25, 0.3) is 0 Å². The van der Waals surface area contributed by atoms with E-state index in [4.69, 9.17) is 4.99 Å². The van der Waals surface area contributed by atoms with Crippen LogP contribution in [-0.4, -0.2) is 62.5 Å². The fourth-order valence-electron chi connectivity index (χ4n) is 2.90. The number of rotatable bonds is 10. The van der Waals surface area contributed by atoms with Gasteiger partial charge in [-0.15, -0.1) is 0 Å². The van der Waals surface area contributed by atoms with Gasteiger partial charge >= 0.3 is 0 Å². The van der Waals surface area contributed by atoms with Crippen molar-refractivity contribution >= 4 is 15.8 Å². The third-order valence-corrected chi connectivity index (χ3v) is 7.41. The van der Waals surface area contributed by atoms with Gasteiger partial charge in [-0.2, -0.15) is 0 Å². The smallest absolute Gasteiger partial charge is 0.191 e. The summed E-state index contributed by atoms with van der Waals surface area (Å²) in [6, 6.07) is 10.6. The highest BCUT2D eigenvalue weighted by Gasteiger charge is 2.28. The van der Waals surface area contributed by atoms with Gasteiger partial charge in [0.05, 0.1) is 23.1 Å². The highest BCUT2D eigenvalue weighted by molar-refractivity contribution is 7.92. The monoisotopic (exact) mass is 410 g/mol.